The van der Waals surface area contributed by atoms with Crippen LogP contribution in [-0.2, 0) is 0 Å². The third-order valence-electron chi connectivity index (χ3n) is 4.99. The van der Waals surface area contributed by atoms with E-state index in [0.29, 0.717) is 24.5 Å². The molecule has 28 heavy (non-hydrogen) atoms. The number of nitrogens with zero attached hydrogens (tertiary/aromatic N) is 6. The summed E-state index contributed by atoms with van der Waals surface area (Å²) in [7, 11) is 1.66. The molecule has 3 aromatic rings. The van der Waals surface area contributed by atoms with Gasteiger partial charge < -0.3 is 14.5 Å². The number of hydrogen-bond donors (Lipinski definition) is 0. The van der Waals surface area contributed by atoms with Crippen LogP contribution in [0.1, 0.15) is 16.2 Å². The van der Waals surface area contributed by atoms with Crippen LogP contribution < -0.4 is 9.64 Å². The molecule has 0 spiro atoms. The summed E-state index contributed by atoms with van der Waals surface area (Å²) in [6, 6.07) is 15.4. The van der Waals surface area contributed by atoms with Crippen molar-refractivity contribution in [1.82, 2.24) is 25.1 Å². The minimum atomic E-state index is 0.0503. The normalized spacial score (nSPS) is 14.2. The van der Waals surface area contributed by atoms with Gasteiger partial charge in [-0.2, -0.15) is 4.68 Å². The molecule has 2 heterocycles. The van der Waals surface area contributed by atoms with E-state index in [1.807, 2.05) is 48.2 Å². The van der Waals surface area contributed by atoms with E-state index >= 15 is 0 Å². The fourth-order valence-electron chi connectivity index (χ4n) is 3.36. The van der Waals surface area contributed by atoms with E-state index < -0.39 is 0 Å². The van der Waals surface area contributed by atoms with E-state index in [1.54, 1.807) is 11.8 Å². The summed E-state index contributed by atoms with van der Waals surface area (Å²) >= 11 is 0. The second kappa shape index (κ2) is 7.67. The Labute approximate surface area is 163 Å². The molecule has 0 aliphatic carbocycles. The Hall–Kier alpha value is -3.42. The minimum absolute atomic E-state index is 0.0503. The molecule has 1 fully saturated rings. The molecule has 0 saturated carbocycles. The molecule has 0 atom stereocenters. The molecule has 1 aliphatic heterocycles. The van der Waals surface area contributed by atoms with Crippen LogP contribution in [0.4, 0.5) is 5.69 Å². The first-order valence-electron chi connectivity index (χ1n) is 9.19. The number of carbonyl (C=O) groups excluding carboxylic acids is 1. The van der Waals surface area contributed by atoms with E-state index in [-0.39, 0.29) is 5.91 Å². The molecule has 1 aromatic heterocycles. The van der Waals surface area contributed by atoms with E-state index in [0.717, 1.165) is 30.2 Å². The molecular formula is C20H22N6O2. The van der Waals surface area contributed by atoms with Gasteiger partial charge in [-0.25, -0.2) is 0 Å². The lowest BCUT2D eigenvalue weighted by molar-refractivity contribution is 0.0747. The second-order valence-electron chi connectivity index (χ2n) is 6.66. The number of ether oxygens (including phenoxy) is 1. The smallest absolute Gasteiger partial charge is 0.253 e. The minimum Gasteiger partial charge on any atom is -0.497 e. The molecule has 0 N–H and O–H groups in total. The topological polar surface area (TPSA) is 76.4 Å². The lowest BCUT2D eigenvalue weighted by Gasteiger charge is -2.36. The van der Waals surface area contributed by atoms with Crippen LogP contribution in [0.5, 0.6) is 5.75 Å². The SMILES string of the molecule is COc1ccc(N2CCN(C(=O)c3ccc(-n4nnnc4C)cc3)CC2)cc1. The van der Waals surface area contributed by atoms with Crippen LogP contribution in [0.3, 0.4) is 0 Å². The molecule has 0 bridgehead atoms. The highest BCUT2D eigenvalue weighted by Crippen LogP contribution is 2.21. The average Bonchev–Trinajstić information content (AvgIpc) is 3.19. The van der Waals surface area contributed by atoms with Gasteiger partial charge in [0.25, 0.3) is 5.91 Å². The first-order valence-corrected chi connectivity index (χ1v) is 9.19. The zero-order chi connectivity index (χ0) is 19.5. The van der Waals surface area contributed by atoms with Crippen molar-refractivity contribution in [3.63, 3.8) is 0 Å². The van der Waals surface area contributed by atoms with Gasteiger partial charge in [0.05, 0.1) is 12.8 Å². The van der Waals surface area contributed by atoms with Crippen molar-refractivity contribution in [3.8, 4) is 11.4 Å². The second-order valence-corrected chi connectivity index (χ2v) is 6.66. The fourth-order valence-corrected chi connectivity index (χ4v) is 3.36. The van der Waals surface area contributed by atoms with Gasteiger partial charge in [-0.05, 0) is 65.9 Å². The molecule has 0 radical (unpaired) electrons. The lowest BCUT2D eigenvalue weighted by Crippen LogP contribution is -2.48. The van der Waals surface area contributed by atoms with Crippen molar-refractivity contribution in [1.29, 1.82) is 0 Å². The van der Waals surface area contributed by atoms with E-state index in [1.165, 1.54) is 0 Å². The summed E-state index contributed by atoms with van der Waals surface area (Å²) < 4.78 is 6.85. The monoisotopic (exact) mass is 378 g/mol. The summed E-state index contributed by atoms with van der Waals surface area (Å²) in [6.45, 7) is 4.83. The summed E-state index contributed by atoms with van der Waals surface area (Å²) in [5.41, 5.74) is 2.66. The Kier molecular flexibility index (Phi) is 4.92. The number of benzene rings is 2. The van der Waals surface area contributed by atoms with Gasteiger partial charge in [-0.15, -0.1) is 5.10 Å². The molecule has 8 heteroatoms. The standard InChI is InChI=1S/C20H22N6O2/c1-15-21-22-23-26(15)18-5-3-16(4-6-18)20(27)25-13-11-24(12-14-25)17-7-9-19(28-2)10-8-17/h3-10H,11-14H2,1-2H3. The molecule has 8 nitrogen and oxygen atoms in total. The molecule has 144 valence electrons. The number of carbonyl (C=O) groups is 1. The van der Waals surface area contributed by atoms with Crippen LogP contribution in [0.2, 0.25) is 0 Å². The summed E-state index contributed by atoms with van der Waals surface area (Å²) in [6.07, 6.45) is 0. The summed E-state index contributed by atoms with van der Waals surface area (Å²) in [4.78, 5) is 17.0. The molecule has 2 aromatic carbocycles. The predicted molar refractivity (Wildman–Crippen MR) is 105 cm³/mol. The number of aromatic nitrogens is 4. The van der Waals surface area contributed by atoms with Crippen molar-refractivity contribution in [3.05, 3.63) is 59.9 Å². The van der Waals surface area contributed by atoms with Crippen LogP contribution in [0.15, 0.2) is 48.5 Å². The number of anilines is 1. The van der Waals surface area contributed by atoms with Gasteiger partial charge in [-0.3, -0.25) is 4.79 Å². The predicted octanol–water partition coefficient (Wildman–Crippen LogP) is 1.94. The Morgan fingerprint density at radius 3 is 2.14 bits per heavy atom. The first kappa shape index (κ1) is 18.0. The maximum Gasteiger partial charge on any atom is 0.253 e. The van der Waals surface area contributed by atoms with E-state index in [4.69, 9.17) is 4.74 Å². The molecule has 1 aliphatic rings. The highest BCUT2D eigenvalue weighted by molar-refractivity contribution is 5.94. The van der Waals surface area contributed by atoms with Crippen molar-refractivity contribution >= 4 is 11.6 Å². The van der Waals surface area contributed by atoms with Crippen molar-refractivity contribution in [2.24, 2.45) is 0 Å². The third kappa shape index (κ3) is 3.53. The number of tetrazole rings is 1. The molecule has 1 saturated heterocycles. The zero-order valence-electron chi connectivity index (χ0n) is 15.9. The molecular weight excluding hydrogens is 356 g/mol. The van der Waals surface area contributed by atoms with Gasteiger partial charge in [0.1, 0.15) is 5.75 Å². The van der Waals surface area contributed by atoms with Gasteiger partial charge >= 0.3 is 0 Å². The van der Waals surface area contributed by atoms with Gasteiger partial charge in [0, 0.05) is 37.4 Å². The average molecular weight is 378 g/mol. The number of piperazine rings is 1. The van der Waals surface area contributed by atoms with Crippen molar-refractivity contribution in [2.45, 2.75) is 6.92 Å². The Bertz CT molecular complexity index is 944. The maximum atomic E-state index is 12.8. The Morgan fingerprint density at radius 1 is 0.929 bits per heavy atom. The molecule has 0 unspecified atom stereocenters. The van der Waals surface area contributed by atoms with Crippen LogP contribution in [-0.4, -0.2) is 64.3 Å². The summed E-state index contributed by atoms with van der Waals surface area (Å²) in [5, 5.41) is 11.5. The summed E-state index contributed by atoms with van der Waals surface area (Å²) in [5.74, 6) is 1.60. The van der Waals surface area contributed by atoms with E-state index in [2.05, 4.69) is 32.6 Å². The van der Waals surface area contributed by atoms with Crippen LogP contribution in [0, 0.1) is 6.92 Å². The van der Waals surface area contributed by atoms with Crippen molar-refractivity contribution < 1.29 is 9.53 Å². The fraction of sp³-hybridized carbons (Fsp3) is 0.300. The van der Waals surface area contributed by atoms with Gasteiger partial charge in [-0.1, -0.05) is 0 Å². The largest absolute Gasteiger partial charge is 0.497 e. The maximum absolute atomic E-state index is 12.8. The van der Waals surface area contributed by atoms with Gasteiger partial charge in [0.15, 0.2) is 5.82 Å². The van der Waals surface area contributed by atoms with Gasteiger partial charge in [0.2, 0.25) is 0 Å². The highest BCUT2D eigenvalue weighted by atomic mass is 16.5. The quantitative estimate of drug-likeness (QED) is 0.691. The number of methoxy groups -OCH3 is 1. The van der Waals surface area contributed by atoms with Crippen LogP contribution in [0.25, 0.3) is 5.69 Å². The number of rotatable bonds is 4. The number of hydrogen-bond acceptors (Lipinski definition) is 6. The third-order valence-corrected chi connectivity index (χ3v) is 4.99. The molecule has 1 amide bonds. The number of amides is 1. The number of aryl methyl sites for hydroxylation is 1. The Balaban J connectivity index is 1.39. The van der Waals surface area contributed by atoms with Crippen LogP contribution >= 0.6 is 0 Å². The highest BCUT2D eigenvalue weighted by Gasteiger charge is 2.22. The Morgan fingerprint density at radius 2 is 1.57 bits per heavy atom. The van der Waals surface area contributed by atoms with E-state index in [9.17, 15) is 4.79 Å². The zero-order valence-corrected chi connectivity index (χ0v) is 15.9. The van der Waals surface area contributed by atoms with Crippen molar-refractivity contribution in [2.75, 3.05) is 38.2 Å². The lowest BCUT2D eigenvalue weighted by atomic mass is 10.1. The first-order chi connectivity index (χ1) is 13.7. The molecule has 4 rings (SSSR count).